The number of hydrogen-bond acceptors (Lipinski definition) is 5. The summed E-state index contributed by atoms with van der Waals surface area (Å²) in [6, 6.07) is 15.6. The van der Waals surface area contributed by atoms with Crippen LogP contribution in [0, 0.1) is 0 Å². The molecule has 35 heavy (non-hydrogen) atoms. The van der Waals surface area contributed by atoms with Crippen molar-refractivity contribution >= 4 is 21.8 Å². The number of sulfonamides is 1. The van der Waals surface area contributed by atoms with Crippen LogP contribution in [-0.4, -0.2) is 57.5 Å². The fourth-order valence-electron chi connectivity index (χ4n) is 3.66. The summed E-state index contributed by atoms with van der Waals surface area (Å²) in [7, 11) is -1.89. The molecule has 0 saturated heterocycles. The number of ether oxygens (including phenoxy) is 1. The van der Waals surface area contributed by atoms with Crippen LogP contribution >= 0.6 is 0 Å². The van der Waals surface area contributed by atoms with Gasteiger partial charge in [0.25, 0.3) is 0 Å². The molecule has 1 fully saturated rings. The Hall–Kier alpha value is -2.75. The lowest BCUT2D eigenvalue weighted by molar-refractivity contribution is -0.140. The van der Waals surface area contributed by atoms with Gasteiger partial charge in [0.1, 0.15) is 6.04 Å². The van der Waals surface area contributed by atoms with Crippen molar-refractivity contribution in [2.75, 3.05) is 20.3 Å². The molecule has 1 aliphatic carbocycles. The Balaban J connectivity index is 1.62. The zero-order valence-corrected chi connectivity index (χ0v) is 21.2. The van der Waals surface area contributed by atoms with Gasteiger partial charge in [0.05, 0.1) is 4.90 Å². The molecule has 1 saturated carbocycles. The van der Waals surface area contributed by atoms with E-state index in [1.54, 1.807) is 43.2 Å². The van der Waals surface area contributed by atoms with Gasteiger partial charge in [-0.3, -0.25) is 9.59 Å². The molecule has 0 spiro atoms. The quantitative estimate of drug-likeness (QED) is 0.387. The van der Waals surface area contributed by atoms with Crippen molar-refractivity contribution in [3.63, 3.8) is 0 Å². The number of nitrogens with one attached hydrogen (secondary N) is 2. The van der Waals surface area contributed by atoms with E-state index in [1.165, 1.54) is 0 Å². The molecule has 9 heteroatoms. The van der Waals surface area contributed by atoms with E-state index in [-0.39, 0.29) is 29.2 Å². The third-order valence-electron chi connectivity index (χ3n) is 5.95. The van der Waals surface area contributed by atoms with E-state index in [0.29, 0.717) is 32.5 Å². The van der Waals surface area contributed by atoms with Crippen molar-refractivity contribution in [3.8, 4) is 0 Å². The summed E-state index contributed by atoms with van der Waals surface area (Å²) >= 11 is 0. The van der Waals surface area contributed by atoms with Gasteiger partial charge in [-0.05, 0) is 55.9 Å². The number of carbonyl (C=O) groups is 2. The molecule has 2 aromatic rings. The normalized spacial score (nSPS) is 14.3. The van der Waals surface area contributed by atoms with Crippen LogP contribution in [0.1, 0.15) is 43.7 Å². The van der Waals surface area contributed by atoms with Gasteiger partial charge in [0.2, 0.25) is 21.8 Å². The third kappa shape index (κ3) is 8.45. The van der Waals surface area contributed by atoms with Crippen LogP contribution < -0.4 is 10.0 Å². The Bertz CT molecular complexity index is 1070. The Morgan fingerprint density at radius 1 is 1.06 bits per heavy atom. The summed E-state index contributed by atoms with van der Waals surface area (Å²) in [5.41, 5.74) is 1.80. The highest BCUT2D eigenvalue weighted by molar-refractivity contribution is 7.89. The van der Waals surface area contributed by atoms with Gasteiger partial charge in [-0.15, -0.1) is 0 Å². The topological polar surface area (TPSA) is 105 Å². The van der Waals surface area contributed by atoms with E-state index in [1.807, 2.05) is 30.3 Å². The minimum Gasteiger partial charge on any atom is -0.385 e. The van der Waals surface area contributed by atoms with Crippen molar-refractivity contribution < 1.29 is 22.7 Å². The number of carbonyl (C=O) groups excluding carboxylic acids is 2. The molecule has 2 aromatic carbocycles. The van der Waals surface area contributed by atoms with Crippen LogP contribution in [0.3, 0.4) is 0 Å². The van der Waals surface area contributed by atoms with Crippen molar-refractivity contribution in [2.45, 2.75) is 62.6 Å². The minimum absolute atomic E-state index is 0.0482. The fraction of sp³-hybridized carbons (Fsp3) is 0.462. The predicted molar refractivity (Wildman–Crippen MR) is 134 cm³/mol. The van der Waals surface area contributed by atoms with Gasteiger partial charge in [-0.2, -0.15) is 0 Å². The minimum atomic E-state index is -3.50. The van der Waals surface area contributed by atoms with E-state index in [0.717, 1.165) is 24.0 Å². The molecule has 1 aliphatic rings. The van der Waals surface area contributed by atoms with Gasteiger partial charge >= 0.3 is 0 Å². The Morgan fingerprint density at radius 2 is 1.74 bits per heavy atom. The maximum absolute atomic E-state index is 13.2. The lowest BCUT2D eigenvalue weighted by atomic mass is 10.1. The summed E-state index contributed by atoms with van der Waals surface area (Å²) in [6.07, 6.45) is 3.11. The average Bonchev–Trinajstić information content (AvgIpc) is 3.67. The van der Waals surface area contributed by atoms with Gasteiger partial charge in [0, 0.05) is 39.3 Å². The van der Waals surface area contributed by atoms with Gasteiger partial charge in [0.15, 0.2) is 0 Å². The first-order chi connectivity index (χ1) is 16.8. The molecule has 0 aliphatic heterocycles. The Morgan fingerprint density at radius 3 is 2.37 bits per heavy atom. The molecule has 2 amide bonds. The molecule has 0 heterocycles. The first-order valence-corrected chi connectivity index (χ1v) is 13.5. The second-order valence-corrected chi connectivity index (χ2v) is 10.6. The van der Waals surface area contributed by atoms with Crippen molar-refractivity contribution in [3.05, 3.63) is 65.7 Å². The third-order valence-corrected chi connectivity index (χ3v) is 7.48. The van der Waals surface area contributed by atoms with Crippen LogP contribution in [0.15, 0.2) is 59.5 Å². The van der Waals surface area contributed by atoms with Crippen LogP contribution in [0.4, 0.5) is 0 Å². The number of aryl methyl sites for hydroxylation is 1. The summed E-state index contributed by atoms with van der Waals surface area (Å²) in [5, 5.41) is 2.87. The molecule has 1 atom stereocenters. The summed E-state index contributed by atoms with van der Waals surface area (Å²) < 4.78 is 32.4. The molecule has 1 unspecified atom stereocenters. The van der Waals surface area contributed by atoms with Crippen LogP contribution in [0.25, 0.3) is 0 Å². The summed E-state index contributed by atoms with van der Waals surface area (Å²) in [5.74, 6) is -0.344. The van der Waals surface area contributed by atoms with Gasteiger partial charge in [-0.25, -0.2) is 13.1 Å². The molecule has 8 nitrogen and oxygen atoms in total. The number of rotatable bonds is 14. The smallest absolute Gasteiger partial charge is 0.242 e. The van der Waals surface area contributed by atoms with E-state index < -0.39 is 16.1 Å². The number of amides is 2. The highest BCUT2D eigenvalue weighted by atomic mass is 32.2. The number of benzene rings is 2. The molecule has 2 N–H and O–H groups in total. The maximum Gasteiger partial charge on any atom is 0.242 e. The SMILES string of the molecule is COCCCNC(=O)C(C)N(Cc1ccccc1)C(=O)CCc1ccc(S(=O)(=O)NC2CC2)cc1. The lowest BCUT2D eigenvalue weighted by Gasteiger charge is -2.29. The Labute approximate surface area is 208 Å². The summed E-state index contributed by atoms with van der Waals surface area (Å²) in [4.78, 5) is 27.8. The molecule has 190 valence electrons. The maximum atomic E-state index is 13.2. The van der Waals surface area contributed by atoms with Crippen LogP contribution in [0.2, 0.25) is 0 Å². The largest absolute Gasteiger partial charge is 0.385 e. The first kappa shape index (κ1) is 26.8. The number of hydrogen-bond donors (Lipinski definition) is 2. The van der Waals surface area contributed by atoms with Crippen molar-refractivity contribution in [1.82, 2.24) is 14.9 Å². The van der Waals surface area contributed by atoms with Crippen molar-refractivity contribution in [2.24, 2.45) is 0 Å². The standard InChI is InChI=1S/C26H35N3O5S/c1-20(26(31)27-17-6-18-34-2)29(19-22-7-4-3-5-8-22)25(30)16-11-21-9-14-24(15-10-21)35(32,33)28-23-12-13-23/h3-5,7-10,14-15,20,23,28H,6,11-13,16-19H2,1-2H3,(H,27,31). The molecular weight excluding hydrogens is 466 g/mol. The van der Waals surface area contributed by atoms with E-state index in [9.17, 15) is 18.0 Å². The second-order valence-electron chi connectivity index (χ2n) is 8.86. The van der Waals surface area contributed by atoms with E-state index in [2.05, 4.69) is 10.0 Å². The van der Waals surface area contributed by atoms with Crippen LogP contribution in [-0.2, 0) is 37.3 Å². The Kier molecular flexibility index (Phi) is 9.83. The zero-order valence-electron chi connectivity index (χ0n) is 20.4. The van der Waals surface area contributed by atoms with Crippen molar-refractivity contribution in [1.29, 1.82) is 0 Å². The zero-order chi connectivity index (χ0) is 25.3. The van der Waals surface area contributed by atoms with E-state index in [4.69, 9.17) is 4.74 Å². The second kappa shape index (κ2) is 12.8. The molecule has 0 bridgehead atoms. The highest BCUT2D eigenvalue weighted by Crippen LogP contribution is 2.22. The number of nitrogens with zero attached hydrogens (tertiary/aromatic N) is 1. The van der Waals surface area contributed by atoms with Gasteiger partial charge < -0.3 is 15.0 Å². The average molecular weight is 502 g/mol. The molecule has 0 radical (unpaired) electrons. The molecule has 0 aromatic heterocycles. The number of methoxy groups -OCH3 is 1. The lowest BCUT2D eigenvalue weighted by Crippen LogP contribution is -2.48. The fourth-order valence-corrected chi connectivity index (χ4v) is 4.96. The predicted octanol–water partition coefficient (Wildman–Crippen LogP) is 2.63. The molecular formula is C26H35N3O5S. The van der Waals surface area contributed by atoms with Crippen LogP contribution in [0.5, 0.6) is 0 Å². The van der Waals surface area contributed by atoms with E-state index >= 15 is 0 Å². The summed E-state index contributed by atoms with van der Waals surface area (Å²) in [6.45, 7) is 3.10. The molecule has 3 rings (SSSR count). The van der Waals surface area contributed by atoms with Gasteiger partial charge in [-0.1, -0.05) is 42.5 Å². The monoisotopic (exact) mass is 501 g/mol. The highest BCUT2D eigenvalue weighted by Gasteiger charge is 2.28. The first-order valence-electron chi connectivity index (χ1n) is 12.0.